The first-order chi connectivity index (χ1) is 23.2. The van der Waals surface area contributed by atoms with E-state index >= 15 is 0 Å². The summed E-state index contributed by atoms with van der Waals surface area (Å²) in [5.41, 5.74) is 7.04. The van der Waals surface area contributed by atoms with Gasteiger partial charge >= 0.3 is 5.97 Å². The van der Waals surface area contributed by atoms with Crippen LogP contribution in [0, 0.1) is 13.8 Å². The SMILES string of the molecule is CCN(CC)C1CCN(C(=O)Cn2c(-c3ccc4nc(-c5sc(C)nc5C)ccc4c3)c(C3CCCCC3)c3sc(C(=O)O)cc32)CC1. The van der Waals surface area contributed by atoms with Gasteiger partial charge in [0.2, 0.25) is 5.91 Å². The predicted molar refractivity (Wildman–Crippen MR) is 196 cm³/mol. The molecule has 0 unspecified atom stereocenters. The molecular weight excluding hydrogens is 639 g/mol. The molecule has 1 N–H and O–H groups in total. The Hall–Kier alpha value is -3.60. The van der Waals surface area contributed by atoms with E-state index in [0.29, 0.717) is 16.8 Å². The molecule has 1 amide bonds. The van der Waals surface area contributed by atoms with Gasteiger partial charge in [0.15, 0.2) is 0 Å². The zero-order valence-electron chi connectivity index (χ0n) is 28.4. The Bertz CT molecular complexity index is 1970. The largest absolute Gasteiger partial charge is 0.477 e. The van der Waals surface area contributed by atoms with Gasteiger partial charge in [-0.2, -0.15) is 0 Å². The van der Waals surface area contributed by atoms with Gasteiger partial charge in [0, 0.05) is 24.5 Å². The number of hydrogen-bond donors (Lipinski definition) is 1. The van der Waals surface area contributed by atoms with E-state index in [4.69, 9.17) is 4.98 Å². The lowest BCUT2D eigenvalue weighted by Crippen LogP contribution is -2.47. The quantitative estimate of drug-likeness (QED) is 0.167. The molecule has 0 bridgehead atoms. The highest BCUT2D eigenvalue weighted by Gasteiger charge is 2.32. The fraction of sp³-hybridized carbons (Fsp3) is 0.474. The van der Waals surface area contributed by atoms with Gasteiger partial charge in [-0.25, -0.2) is 14.8 Å². The Kier molecular flexibility index (Phi) is 9.41. The topological polar surface area (TPSA) is 91.6 Å². The third-order valence-electron chi connectivity index (χ3n) is 10.5. The number of likely N-dealkylation sites (tertiary alicyclic amines) is 1. The molecule has 2 aliphatic rings. The number of fused-ring (bicyclic) bond motifs is 2. The number of pyridine rings is 1. The molecule has 8 nitrogen and oxygen atoms in total. The number of aromatic carboxylic acids is 1. The number of hydrogen-bond acceptors (Lipinski definition) is 7. The fourth-order valence-electron chi connectivity index (χ4n) is 8.12. The van der Waals surface area contributed by atoms with Gasteiger partial charge in [-0.15, -0.1) is 22.7 Å². The number of benzene rings is 1. The van der Waals surface area contributed by atoms with E-state index in [1.807, 2.05) is 18.7 Å². The maximum atomic E-state index is 14.1. The molecule has 1 saturated carbocycles. The van der Waals surface area contributed by atoms with Crippen LogP contribution in [-0.2, 0) is 11.3 Å². The van der Waals surface area contributed by atoms with Crippen LogP contribution in [-0.4, -0.2) is 73.5 Å². The van der Waals surface area contributed by atoms with E-state index in [0.717, 1.165) is 118 Å². The zero-order valence-corrected chi connectivity index (χ0v) is 30.1. The number of carboxylic acids is 1. The van der Waals surface area contributed by atoms with Crippen LogP contribution in [0.3, 0.4) is 0 Å². The number of carbonyl (C=O) groups is 2. The highest BCUT2D eigenvalue weighted by atomic mass is 32.1. The van der Waals surface area contributed by atoms with E-state index in [1.165, 1.54) is 23.3 Å². The molecule has 7 rings (SSSR count). The minimum atomic E-state index is -0.914. The summed E-state index contributed by atoms with van der Waals surface area (Å²) < 4.78 is 3.17. The van der Waals surface area contributed by atoms with Crippen LogP contribution < -0.4 is 0 Å². The number of piperidine rings is 1. The molecular formula is C38H45N5O3S2. The lowest BCUT2D eigenvalue weighted by molar-refractivity contribution is -0.133. The molecule has 1 aliphatic heterocycles. The Morgan fingerprint density at radius 3 is 2.35 bits per heavy atom. The smallest absolute Gasteiger partial charge is 0.345 e. The molecule has 1 aliphatic carbocycles. The molecule has 0 spiro atoms. The molecule has 4 aromatic heterocycles. The number of nitrogens with zero attached hydrogens (tertiary/aromatic N) is 5. The third kappa shape index (κ3) is 6.18. The van der Waals surface area contributed by atoms with Crippen LogP contribution >= 0.6 is 22.7 Å². The van der Waals surface area contributed by atoms with Crippen LogP contribution in [0.5, 0.6) is 0 Å². The van der Waals surface area contributed by atoms with Crippen molar-refractivity contribution in [3.8, 4) is 21.8 Å². The second-order valence-corrected chi connectivity index (χ2v) is 15.7. The number of rotatable bonds is 9. The number of thiophene rings is 1. The van der Waals surface area contributed by atoms with E-state index in [2.05, 4.69) is 58.6 Å². The van der Waals surface area contributed by atoms with Crippen molar-refractivity contribution in [2.24, 2.45) is 0 Å². The number of carbonyl (C=O) groups excluding carboxylic acids is 1. The van der Waals surface area contributed by atoms with Crippen molar-refractivity contribution in [3.05, 3.63) is 57.5 Å². The minimum Gasteiger partial charge on any atom is -0.477 e. The van der Waals surface area contributed by atoms with E-state index in [-0.39, 0.29) is 12.5 Å². The number of thiazole rings is 1. The average Bonchev–Trinajstić information content (AvgIpc) is 3.77. The fourth-order valence-corrected chi connectivity index (χ4v) is 10.1. The standard InChI is InChI=1S/C38H45N5O3S2/c1-5-41(6-2)28-16-18-42(19-17-28)33(44)22-43-31-21-32(38(45)46)48-37(31)34(25-10-8-7-9-11-25)35(43)27-13-14-29-26(20-27)12-15-30(40-29)36-23(3)39-24(4)47-36/h12-15,20-21,25,28H,5-11,16-19,22H2,1-4H3,(H,45,46). The summed E-state index contributed by atoms with van der Waals surface area (Å²) in [7, 11) is 0. The van der Waals surface area contributed by atoms with Gasteiger partial charge in [-0.1, -0.05) is 45.2 Å². The minimum absolute atomic E-state index is 0.103. The molecule has 252 valence electrons. The summed E-state index contributed by atoms with van der Waals surface area (Å²) in [4.78, 5) is 41.9. The van der Waals surface area contributed by atoms with Crippen LogP contribution in [0.2, 0.25) is 0 Å². The number of aromatic nitrogens is 3. The first-order valence-corrected chi connectivity index (χ1v) is 19.2. The Morgan fingerprint density at radius 2 is 1.69 bits per heavy atom. The van der Waals surface area contributed by atoms with Crippen LogP contribution in [0.1, 0.15) is 90.6 Å². The summed E-state index contributed by atoms with van der Waals surface area (Å²) in [6, 6.07) is 13.0. The maximum absolute atomic E-state index is 14.1. The normalized spacial score (nSPS) is 16.5. The molecule has 1 aromatic carbocycles. The number of amides is 1. The predicted octanol–water partition coefficient (Wildman–Crippen LogP) is 8.74. The van der Waals surface area contributed by atoms with Crippen molar-refractivity contribution in [1.29, 1.82) is 0 Å². The van der Waals surface area contributed by atoms with Crippen molar-refractivity contribution in [2.45, 2.75) is 91.1 Å². The van der Waals surface area contributed by atoms with Crippen LogP contribution in [0.4, 0.5) is 0 Å². The van der Waals surface area contributed by atoms with Crippen molar-refractivity contribution < 1.29 is 14.7 Å². The van der Waals surface area contributed by atoms with Crippen molar-refractivity contribution in [3.63, 3.8) is 0 Å². The molecule has 0 atom stereocenters. The zero-order chi connectivity index (χ0) is 33.5. The highest BCUT2D eigenvalue weighted by molar-refractivity contribution is 7.21. The molecule has 10 heteroatoms. The summed E-state index contributed by atoms with van der Waals surface area (Å²) in [5.74, 6) is -0.485. The Balaban J connectivity index is 1.31. The van der Waals surface area contributed by atoms with E-state index in [9.17, 15) is 14.7 Å². The Labute approximate surface area is 290 Å². The molecule has 2 fully saturated rings. The van der Waals surface area contributed by atoms with Gasteiger partial charge in [-0.3, -0.25) is 4.79 Å². The van der Waals surface area contributed by atoms with Gasteiger partial charge in [-0.05, 0) is 93.9 Å². The molecule has 1 saturated heterocycles. The first kappa shape index (κ1) is 32.9. The maximum Gasteiger partial charge on any atom is 0.345 e. The average molecular weight is 684 g/mol. The molecule has 0 radical (unpaired) electrons. The Morgan fingerprint density at radius 1 is 0.938 bits per heavy atom. The third-order valence-corrected chi connectivity index (χ3v) is 12.8. The molecule has 5 heterocycles. The van der Waals surface area contributed by atoms with Gasteiger partial charge < -0.3 is 19.5 Å². The van der Waals surface area contributed by atoms with Gasteiger partial charge in [0.25, 0.3) is 0 Å². The van der Waals surface area contributed by atoms with Crippen molar-refractivity contribution in [1.82, 2.24) is 24.3 Å². The van der Waals surface area contributed by atoms with Gasteiger partial charge in [0.1, 0.15) is 11.4 Å². The summed E-state index contributed by atoms with van der Waals surface area (Å²) in [6.45, 7) is 12.2. The second-order valence-electron chi connectivity index (χ2n) is 13.4. The van der Waals surface area contributed by atoms with E-state index in [1.54, 1.807) is 17.4 Å². The van der Waals surface area contributed by atoms with Crippen LogP contribution in [0.25, 0.3) is 42.9 Å². The van der Waals surface area contributed by atoms with Crippen molar-refractivity contribution >= 4 is 55.7 Å². The first-order valence-electron chi connectivity index (χ1n) is 17.5. The summed E-state index contributed by atoms with van der Waals surface area (Å²) >= 11 is 3.03. The lowest BCUT2D eigenvalue weighted by atomic mass is 9.83. The molecule has 48 heavy (non-hydrogen) atoms. The number of aryl methyl sites for hydroxylation is 2. The highest BCUT2D eigenvalue weighted by Crippen LogP contribution is 2.47. The lowest BCUT2D eigenvalue weighted by Gasteiger charge is -2.37. The summed E-state index contributed by atoms with van der Waals surface area (Å²) in [5, 5.41) is 12.1. The van der Waals surface area contributed by atoms with Crippen LogP contribution in [0.15, 0.2) is 36.4 Å². The number of carboxylic acid groups (broad SMARTS) is 1. The second kappa shape index (κ2) is 13.7. The monoisotopic (exact) mass is 683 g/mol. The van der Waals surface area contributed by atoms with E-state index < -0.39 is 5.97 Å². The van der Waals surface area contributed by atoms with Crippen molar-refractivity contribution in [2.75, 3.05) is 26.2 Å². The molecule has 5 aromatic rings. The summed E-state index contributed by atoms with van der Waals surface area (Å²) in [6.07, 6.45) is 7.67. The van der Waals surface area contributed by atoms with Gasteiger partial charge in [0.05, 0.1) is 42.7 Å².